The molecule has 1 atom stereocenters. The predicted octanol–water partition coefficient (Wildman–Crippen LogP) is 3.40. The SMILES string of the molecule is C[C@H](OC(=O)c1c[nH]c2ccccc12)C(=O)N(C)C1(C#N)CCCCC1. The molecule has 0 bridgehead atoms. The zero-order valence-corrected chi connectivity index (χ0v) is 15.1. The van der Waals surface area contributed by atoms with E-state index in [0.29, 0.717) is 18.4 Å². The van der Waals surface area contributed by atoms with Crippen molar-refractivity contribution in [2.24, 2.45) is 0 Å². The summed E-state index contributed by atoms with van der Waals surface area (Å²) in [5, 5.41) is 10.4. The van der Waals surface area contributed by atoms with Crippen molar-refractivity contribution in [2.75, 3.05) is 7.05 Å². The number of rotatable bonds is 4. The molecule has 0 aliphatic heterocycles. The lowest BCUT2D eigenvalue weighted by Crippen LogP contribution is -2.53. The molecule has 1 aromatic heterocycles. The van der Waals surface area contributed by atoms with E-state index in [-0.39, 0.29) is 5.91 Å². The summed E-state index contributed by atoms with van der Waals surface area (Å²) in [4.78, 5) is 29.8. The van der Waals surface area contributed by atoms with Gasteiger partial charge in [-0.25, -0.2) is 4.79 Å². The second-order valence-electron chi connectivity index (χ2n) is 6.90. The van der Waals surface area contributed by atoms with Gasteiger partial charge in [-0.3, -0.25) is 4.79 Å². The number of carbonyl (C=O) groups excluding carboxylic acids is 2. The second-order valence-corrected chi connectivity index (χ2v) is 6.90. The number of ether oxygens (including phenoxy) is 1. The number of aromatic nitrogens is 1. The monoisotopic (exact) mass is 353 g/mol. The summed E-state index contributed by atoms with van der Waals surface area (Å²) in [6.45, 7) is 1.56. The van der Waals surface area contributed by atoms with Crippen molar-refractivity contribution in [3.8, 4) is 6.07 Å². The molecular weight excluding hydrogens is 330 g/mol. The third-order valence-corrected chi connectivity index (χ3v) is 5.30. The summed E-state index contributed by atoms with van der Waals surface area (Å²) in [7, 11) is 1.63. The number of amides is 1. The van der Waals surface area contributed by atoms with E-state index in [1.165, 1.54) is 4.90 Å². The summed E-state index contributed by atoms with van der Waals surface area (Å²) in [6.07, 6.45) is 4.89. The minimum Gasteiger partial charge on any atom is -0.449 e. The Hall–Kier alpha value is -2.81. The fraction of sp³-hybridized carbons (Fsp3) is 0.450. The number of aromatic amines is 1. The molecule has 6 nitrogen and oxygen atoms in total. The fourth-order valence-corrected chi connectivity index (χ4v) is 3.66. The van der Waals surface area contributed by atoms with Crippen LogP contribution in [0.5, 0.6) is 0 Å². The Morgan fingerprint density at radius 1 is 1.27 bits per heavy atom. The molecule has 1 aromatic carbocycles. The van der Waals surface area contributed by atoms with Gasteiger partial charge in [0.2, 0.25) is 0 Å². The van der Waals surface area contributed by atoms with E-state index in [9.17, 15) is 14.9 Å². The first-order valence-corrected chi connectivity index (χ1v) is 8.94. The van der Waals surface area contributed by atoms with Gasteiger partial charge in [0.15, 0.2) is 6.10 Å². The molecule has 1 fully saturated rings. The number of para-hydroxylation sites is 1. The highest BCUT2D eigenvalue weighted by molar-refractivity contribution is 6.04. The van der Waals surface area contributed by atoms with Crippen LogP contribution >= 0.6 is 0 Å². The topological polar surface area (TPSA) is 86.2 Å². The predicted molar refractivity (Wildman–Crippen MR) is 97.4 cm³/mol. The first-order valence-electron chi connectivity index (χ1n) is 8.94. The molecule has 2 aromatic rings. The quantitative estimate of drug-likeness (QED) is 0.854. The smallest absolute Gasteiger partial charge is 0.341 e. The molecule has 1 N–H and O–H groups in total. The average Bonchev–Trinajstić information content (AvgIpc) is 3.11. The highest BCUT2D eigenvalue weighted by Gasteiger charge is 2.40. The molecule has 1 heterocycles. The van der Waals surface area contributed by atoms with Crippen molar-refractivity contribution in [3.05, 3.63) is 36.0 Å². The van der Waals surface area contributed by atoms with Gasteiger partial charge in [-0.1, -0.05) is 37.5 Å². The summed E-state index contributed by atoms with van der Waals surface area (Å²) in [5.74, 6) is -0.895. The van der Waals surface area contributed by atoms with Crippen LogP contribution < -0.4 is 0 Å². The van der Waals surface area contributed by atoms with Gasteiger partial charge in [0.25, 0.3) is 5.91 Å². The maximum atomic E-state index is 12.8. The van der Waals surface area contributed by atoms with Gasteiger partial charge in [-0.15, -0.1) is 0 Å². The van der Waals surface area contributed by atoms with E-state index in [2.05, 4.69) is 11.1 Å². The van der Waals surface area contributed by atoms with Crippen molar-refractivity contribution < 1.29 is 14.3 Å². The number of carbonyl (C=O) groups is 2. The Labute approximate surface area is 152 Å². The Kier molecular flexibility index (Phi) is 4.99. The number of hydrogen-bond acceptors (Lipinski definition) is 4. The minimum atomic E-state index is -0.951. The van der Waals surface area contributed by atoms with Crippen molar-refractivity contribution in [3.63, 3.8) is 0 Å². The molecule has 0 saturated heterocycles. The lowest BCUT2D eigenvalue weighted by Gasteiger charge is -2.39. The van der Waals surface area contributed by atoms with Crippen molar-refractivity contribution in [1.29, 1.82) is 5.26 Å². The molecule has 0 radical (unpaired) electrons. The largest absolute Gasteiger partial charge is 0.449 e. The number of hydrogen-bond donors (Lipinski definition) is 1. The molecule has 26 heavy (non-hydrogen) atoms. The van der Waals surface area contributed by atoms with Gasteiger partial charge >= 0.3 is 5.97 Å². The molecule has 0 unspecified atom stereocenters. The highest BCUT2D eigenvalue weighted by atomic mass is 16.5. The Balaban J connectivity index is 1.72. The zero-order valence-electron chi connectivity index (χ0n) is 15.1. The normalized spacial score (nSPS) is 17.3. The third kappa shape index (κ3) is 3.17. The first kappa shape index (κ1) is 18.0. The molecule has 1 aliphatic carbocycles. The van der Waals surface area contributed by atoms with Crippen LogP contribution in [0, 0.1) is 11.3 Å². The van der Waals surface area contributed by atoms with Crippen molar-refractivity contribution in [2.45, 2.75) is 50.7 Å². The highest BCUT2D eigenvalue weighted by Crippen LogP contribution is 2.33. The van der Waals surface area contributed by atoms with Crippen LogP contribution in [0.4, 0.5) is 0 Å². The average molecular weight is 353 g/mol. The van der Waals surface area contributed by atoms with E-state index >= 15 is 0 Å². The van der Waals surface area contributed by atoms with Crippen LogP contribution in [0.25, 0.3) is 10.9 Å². The number of nitrogens with one attached hydrogen (secondary N) is 1. The molecule has 136 valence electrons. The molecule has 1 aliphatic rings. The number of benzene rings is 1. The minimum absolute atomic E-state index is 0.346. The van der Waals surface area contributed by atoms with E-state index in [1.807, 2.05) is 24.3 Å². The first-order chi connectivity index (χ1) is 12.5. The second kappa shape index (κ2) is 7.20. The van der Waals surface area contributed by atoms with Gasteiger partial charge in [-0.2, -0.15) is 5.26 Å². The summed E-state index contributed by atoms with van der Waals surface area (Å²) >= 11 is 0. The van der Waals surface area contributed by atoms with Crippen LogP contribution in [0.3, 0.4) is 0 Å². The summed E-state index contributed by atoms with van der Waals surface area (Å²) in [5.41, 5.74) is 0.438. The maximum absolute atomic E-state index is 12.8. The molecule has 1 amide bonds. The molecule has 1 saturated carbocycles. The number of nitriles is 1. The molecule has 0 spiro atoms. The molecule has 3 rings (SSSR count). The molecular formula is C20H23N3O3. The fourth-order valence-electron chi connectivity index (χ4n) is 3.66. The number of H-pyrrole nitrogens is 1. The number of likely N-dealkylation sites (N-methyl/N-ethyl adjacent to an activating group) is 1. The van der Waals surface area contributed by atoms with Crippen LogP contribution in [-0.4, -0.2) is 40.5 Å². The third-order valence-electron chi connectivity index (χ3n) is 5.30. The summed E-state index contributed by atoms with van der Waals surface area (Å²) in [6, 6.07) is 9.73. The Morgan fingerprint density at radius 3 is 2.65 bits per heavy atom. The van der Waals surface area contributed by atoms with E-state index in [1.54, 1.807) is 20.2 Å². The van der Waals surface area contributed by atoms with E-state index in [0.717, 1.165) is 30.2 Å². The van der Waals surface area contributed by atoms with Gasteiger partial charge in [0.05, 0.1) is 11.6 Å². The number of nitrogens with zero attached hydrogens (tertiary/aromatic N) is 2. The van der Waals surface area contributed by atoms with Gasteiger partial charge in [-0.05, 0) is 25.8 Å². The van der Waals surface area contributed by atoms with Gasteiger partial charge in [0.1, 0.15) is 5.54 Å². The Bertz CT molecular complexity index is 859. The van der Waals surface area contributed by atoms with Crippen LogP contribution in [0.15, 0.2) is 30.5 Å². The van der Waals surface area contributed by atoms with E-state index in [4.69, 9.17) is 4.74 Å². The Morgan fingerprint density at radius 2 is 1.96 bits per heavy atom. The lowest BCUT2D eigenvalue weighted by atomic mass is 9.81. The standard InChI is InChI=1S/C20H23N3O3/c1-14(18(24)23(2)20(13-21)10-6-3-7-11-20)26-19(25)16-12-22-17-9-5-4-8-15(16)17/h4-5,8-9,12,14,22H,3,6-7,10-11H2,1-2H3/t14-/m0/s1. The number of fused-ring (bicyclic) bond motifs is 1. The lowest BCUT2D eigenvalue weighted by molar-refractivity contribution is -0.143. The maximum Gasteiger partial charge on any atom is 0.341 e. The number of esters is 1. The van der Waals surface area contributed by atoms with Gasteiger partial charge < -0.3 is 14.6 Å². The summed E-state index contributed by atoms with van der Waals surface area (Å²) < 4.78 is 5.41. The van der Waals surface area contributed by atoms with Crippen LogP contribution in [0.1, 0.15) is 49.4 Å². The van der Waals surface area contributed by atoms with E-state index < -0.39 is 17.6 Å². The van der Waals surface area contributed by atoms with Crippen LogP contribution in [0.2, 0.25) is 0 Å². The zero-order chi connectivity index (χ0) is 18.7. The van der Waals surface area contributed by atoms with Crippen LogP contribution in [-0.2, 0) is 9.53 Å². The van der Waals surface area contributed by atoms with Gasteiger partial charge in [0, 0.05) is 24.1 Å². The molecule has 6 heteroatoms. The van der Waals surface area contributed by atoms with Crippen molar-refractivity contribution in [1.82, 2.24) is 9.88 Å². The van der Waals surface area contributed by atoms with Crippen molar-refractivity contribution >= 4 is 22.8 Å².